The van der Waals surface area contributed by atoms with Gasteiger partial charge in [0, 0.05) is 11.7 Å². The van der Waals surface area contributed by atoms with E-state index < -0.39 is 0 Å². The highest BCUT2D eigenvalue weighted by Gasteiger charge is 2.01. The van der Waals surface area contributed by atoms with E-state index in [0.717, 1.165) is 10.0 Å². The number of allylic oxidation sites excluding steroid dienone is 1. The highest BCUT2D eigenvalue weighted by Crippen LogP contribution is 2.16. The Morgan fingerprint density at radius 3 is 3.00 bits per heavy atom. The maximum atomic E-state index is 5.53. The average Bonchev–Trinajstić information content (AvgIpc) is 2.31. The number of anilines is 1. The van der Waals surface area contributed by atoms with E-state index in [1.165, 1.54) is 5.54 Å². The molecule has 0 bridgehead atoms. The minimum Gasteiger partial charge on any atom is -0.381 e. The smallest absolute Gasteiger partial charge is 0.159 e. The number of hydrogen-bond donors (Lipinski definition) is 1. The summed E-state index contributed by atoms with van der Waals surface area (Å²) < 4.78 is 2.54. The van der Waals surface area contributed by atoms with E-state index in [4.69, 9.17) is 17.3 Å². The van der Waals surface area contributed by atoms with Crippen molar-refractivity contribution in [2.45, 2.75) is 13.5 Å². The van der Waals surface area contributed by atoms with Gasteiger partial charge in [-0.2, -0.15) is 5.10 Å². The third-order valence-corrected chi connectivity index (χ3v) is 2.32. The van der Waals surface area contributed by atoms with Gasteiger partial charge in [-0.1, -0.05) is 11.6 Å². The van der Waals surface area contributed by atoms with Crippen LogP contribution in [0.4, 0.5) is 5.82 Å². The molecule has 0 saturated carbocycles. The van der Waals surface area contributed by atoms with Crippen LogP contribution in [0.1, 0.15) is 6.92 Å². The summed E-state index contributed by atoms with van der Waals surface area (Å²) in [6.07, 6.45) is 1.82. The third kappa shape index (κ3) is 2.25. The summed E-state index contributed by atoms with van der Waals surface area (Å²) in [5.74, 6) is 0.498. The van der Waals surface area contributed by atoms with Crippen molar-refractivity contribution in [2.24, 2.45) is 0 Å². The molecule has 2 N–H and O–H groups in total. The monoisotopic (exact) mass is 249 g/mol. The highest BCUT2D eigenvalue weighted by atomic mass is 79.9. The van der Waals surface area contributed by atoms with Crippen LogP contribution in [-0.4, -0.2) is 9.78 Å². The van der Waals surface area contributed by atoms with Crippen LogP contribution in [-0.2, 0) is 6.54 Å². The van der Waals surface area contributed by atoms with E-state index in [1.54, 1.807) is 4.68 Å². The van der Waals surface area contributed by atoms with E-state index in [-0.39, 0.29) is 0 Å². The van der Waals surface area contributed by atoms with Crippen LogP contribution in [0.5, 0.6) is 0 Å². The highest BCUT2D eigenvalue weighted by molar-refractivity contribution is 9.10. The number of nitrogens with two attached hydrogens (primary N) is 1. The average molecular weight is 251 g/mol. The maximum Gasteiger partial charge on any atom is 0.159 e. The van der Waals surface area contributed by atoms with Gasteiger partial charge in [0.05, 0.1) is 11.0 Å². The molecule has 0 aliphatic heterocycles. The first-order chi connectivity index (χ1) is 5.63. The fourth-order valence-electron chi connectivity index (χ4n) is 0.783. The minimum atomic E-state index is 0.498. The molecule has 1 aromatic heterocycles. The van der Waals surface area contributed by atoms with Gasteiger partial charge in [-0.25, -0.2) is 0 Å². The molecule has 1 heterocycles. The molecule has 0 spiro atoms. The van der Waals surface area contributed by atoms with Crippen LogP contribution < -0.4 is 5.73 Å². The molecular weight excluding hydrogens is 241 g/mol. The first kappa shape index (κ1) is 9.61. The minimum absolute atomic E-state index is 0.498. The van der Waals surface area contributed by atoms with Gasteiger partial charge in [0.25, 0.3) is 0 Å². The molecular formula is C7H9BrClN3. The van der Waals surface area contributed by atoms with Crippen molar-refractivity contribution in [1.82, 2.24) is 9.78 Å². The molecule has 1 rings (SSSR count). The number of halogens is 2. The van der Waals surface area contributed by atoms with E-state index in [1.807, 2.05) is 13.1 Å². The molecule has 5 heteroatoms. The maximum absolute atomic E-state index is 5.53. The summed E-state index contributed by atoms with van der Waals surface area (Å²) in [6, 6.07) is 0. The lowest BCUT2D eigenvalue weighted by atomic mass is 10.3. The van der Waals surface area contributed by atoms with Gasteiger partial charge in [0.2, 0.25) is 0 Å². The molecule has 3 nitrogen and oxygen atoms in total. The number of rotatable bonds is 2. The predicted octanol–water partition coefficient (Wildman–Crippen LogP) is 2.37. The summed E-state index contributed by atoms with van der Waals surface area (Å²) in [6.45, 7) is 2.60. The van der Waals surface area contributed by atoms with E-state index >= 15 is 0 Å². The van der Waals surface area contributed by atoms with E-state index in [0.29, 0.717) is 12.4 Å². The zero-order valence-corrected chi connectivity index (χ0v) is 8.93. The van der Waals surface area contributed by atoms with Crippen LogP contribution in [0.2, 0.25) is 0 Å². The van der Waals surface area contributed by atoms with Crippen molar-refractivity contribution in [1.29, 1.82) is 0 Å². The lowest BCUT2D eigenvalue weighted by Gasteiger charge is -1.98. The van der Waals surface area contributed by atoms with Gasteiger partial charge in [-0.05, 0) is 28.4 Å². The summed E-state index contributed by atoms with van der Waals surface area (Å²) in [5, 5.41) is 4.05. The molecule has 0 aromatic carbocycles. The Morgan fingerprint density at radius 2 is 2.58 bits per heavy atom. The van der Waals surface area contributed by atoms with Crippen molar-refractivity contribution in [3.05, 3.63) is 21.8 Å². The normalized spacial score (nSPS) is 12.1. The molecule has 0 amide bonds. The molecule has 0 aliphatic carbocycles. The zero-order chi connectivity index (χ0) is 9.14. The molecule has 66 valence electrons. The fraction of sp³-hybridized carbons (Fsp3) is 0.286. The van der Waals surface area contributed by atoms with Gasteiger partial charge in [0.1, 0.15) is 0 Å². The Bertz CT molecular complexity index is 286. The fourth-order valence-corrected chi connectivity index (χ4v) is 1.17. The number of hydrogen-bond acceptors (Lipinski definition) is 2. The Labute approximate surface area is 84.3 Å². The summed E-state index contributed by atoms with van der Waals surface area (Å²) in [4.78, 5) is 0. The van der Waals surface area contributed by atoms with Crippen molar-refractivity contribution in [3.8, 4) is 0 Å². The zero-order valence-electron chi connectivity index (χ0n) is 6.59. The standard InChI is InChI=1S/C7H9BrClN3/c1-5(2-9)3-12-4-6(8)7(10)11-12/h2,4H,3H2,1H3,(H2,10,11)/b5-2-. The second kappa shape index (κ2) is 3.96. The Kier molecular flexibility index (Phi) is 3.17. The number of nitrogens with zero attached hydrogens (tertiary/aromatic N) is 2. The third-order valence-electron chi connectivity index (χ3n) is 1.34. The first-order valence-corrected chi connectivity index (χ1v) is 4.60. The van der Waals surface area contributed by atoms with Crippen molar-refractivity contribution in [2.75, 3.05) is 5.73 Å². The Balaban J connectivity index is 2.77. The van der Waals surface area contributed by atoms with Crippen LogP contribution in [0.15, 0.2) is 21.8 Å². The lowest BCUT2D eigenvalue weighted by molar-refractivity contribution is 0.681. The van der Waals surface area contributed by atoms with Crippen molar-refractivity contribution in [3.63, 3.8) is 0 Å². The molecule has 0 saturated heterocycles. The SMILES string of the molecule is C/C(=C/Cl)Cn1cc(Br)c(N)n1. The number of aromatic nitrogens is 2. The molecule has 12 heavy (non-hydrogen) atoms. The molecule has 1 aromatic rings. The summed E-state index contributed by atoms with van der Waals surface area (Å²) >= 11 is 8.77. The second-order valence-corrected chi connectivity index (χ2v) is 3.59. The largest absolute Gasteiger partial charge is 0.381 e. The molecule has 0 fully saturated rings. The van der Waals surface area contributed by atoms with Crippen LogP contribution >= 0.6 is 27.5 Å². The summed E-state index contributed by atoms with van der Waals surface area (Å²) in [7, 11) is 0. The first-order valence-electron chi connectivity index (χ1n) is 3.37. The second-order valence-electron chi connectivity index (χ2n) is 2.52. The summed E-state index contributed by atoms with van der Waals surface area (Å²) in [5.41, 5.74) is 8.09. The van der Waals surface area contributed by atoms with Crippen LogP contribution in [0, 0.1) is 0 Å². The van der Waals surface area contributed by atoms with Gasteiger partial charge >= 0.3 is 0 Å². The molecule has 0 aliphatic rings. The molecule has 0 radical (unpaired) electrons. The van der Waals surface area contributed by atoms with Gasteiger partial charge in [-0.3, -0.25) is 4.68 Å². The Morgan fingerprint density at radius 1 is 1.92 bits per heavy atom. The van der Waals surface area contributed by atoms with Gasteiger partial charge in [-0.15, -0.1) is 0 Å². The van der Waals surface area contributed by atoms with Crippen LogP contribution in [0.3, 0.4) is 0 Å². The van der Waals surface area contributed by atoms with E-state index in [9.17, 15) is 0 Å². The van der Waals surface area contributed by atoms with E-state index in [2.05, 4.69) is 21.0 Å². The van der Waals surface area contributed by atoms with Crippen LogP contribution in [0.25, 0.3) is 0 Å². The lowest BCUT2D eigenvalue weighted by Crippen LogP contribution is -2.00. The van der Waals surface area contributed by atoms with Gasteiger partial charge in [0.15, 0.2) is 5.82 Å². The quantitative estimate of drug-likeness (QED) is 0.876. The van der Waals surface area contributed by atoms with Gasteiger partial charge < -0.3 is 5.73 Å². The van der Waals surface area contributed by atoms with Crippen molar-refractivity contribution < 1.29 is 0 Å². The Hall–Kier alpha value is -0.480. The molecule has 0 atom stereocenters. The molecule has 0 unspecified atom stereocenters. The topological polar surface area (TPSA) is 43.8 Å². The van der Waals surface area contributed by atoms with Crippen molar-refractivity contribution >= 4 is 33.3 Å². The number of nitrogen functional groups attached to an aromatic ring is 1. The predicted molar refractivity (Wildman–Crippen MR) is 53.9 cm³/mol.